The van der Waals surface area contributed by atoms with Crippen LogP contribution in [0, 0.1) is 11.5 Å². The molecule has 0 heterocycles. The summed E-state index contributed by atoms with van der Waals surface area (Å²) in [7, 11) is -3.66. The smallest absolute Gasteiger partial charge is 0.287 e. The zero-order chi connectivity index (χ0) is 15.0. The minimum Gasteiger partial charge on any atom is -0.287 e. The molecule has 0 aromatic heterocycles. The van der Waals surface area contributed by atoms with Gasteiger partial charge in [0.05, 0.1) is 13.2 Å². The van der Waals surface area contributed by atoms with Crippen LogP contribution in [-0.4, -0.2) is 0 Å². The van der Waals surface area contributed by atoms with Crippen molar-refractivity contribution >= 4 is 7.75 Å². The molecule has 0 unspecified atom stereocenters. The summed E-state index contributed by atoms with van der Waals surface area (Å²) in [6, 6.07) is 18.5. The van der Waals surface area contributed by atoms with Crippen molar-refractivity contribution in [2.75, 3.05) is 0 Å². The van der Waals surface area contributed by atoms with Gasteiger partial charge < -0.3 is 0 Å². The number of nitrogens with zero attached hydrogens (tertiary/aromatic N) is 1. The molecule has 1 N–H and O–H groups in total. The Morgan fingerprint density at radius 1 is 0.905 bits per heavy atom. The molecule has 2 rings (SSSR count). The van der Waals surface area contributed by atoms with E-state index in [0.717, 1.165) is 11.1 Å². The van der Waals surface area contributed by atoms with E-state index < -0.39 is 7.75 Å². The molecule has 0 fully saturated rings. The van der Waals surface area contributed by atoms with Crippen LogP contribution in [0.5, 0.6) is 0 Å². The minimum absolute atomic E-state index is 0.0988. The van der Waals surface area contributed by atoms with E-state index in [-0.39, 0.29) is 13.2 Å². The van der Waals surface area contributed by atoms with E-state index in [9.17, 15) is 4.57 Å². The topological polar surface area (TPSA) is 71.4 Å². The molecule has 0 aliphatic carbocycles. The van der Waals surface area contributed by atoms with Gasteiger partial charge in [-0.1, -0.05) is 60.7 Å². The van der Waals surface area contributed by atoms with Crippen molar-refractivity contribution < 1.29 is 13.6 Å². The van der Waals surface area contributed by atoms with Crippen molar-refractivity contribution in [3.05, 3.63) is 71.8 Å². The first-order chi connectivity index (χ1) is 10.2. The summed E-state index contributed by atoms with van der Waals surface area (Å²) in [4.78, 5) is 0. The van der Waals surface area contributed by atoms with Crippen LogP contribution in [0.15, 0.2) is 60.7 Å². The third kappa shape index (κ3) is 5.05. The SMILES string of the molecule is N#CNP(=O)(OCc1ccccc1)OCc1ccccc1. The number of nitrogens with one attached hydrogen (secondary N) is 1. The number of nitriles is 1. The zero-order valence-electron chi connectivity index (χ0n) is 11.3. The Kier molecular flexibility index (Phi) is 5.53. The summed E-state index contributed by atoms with van der Waals surface area (Å²) in [6.07, 6.45) is 1.62. The second-order valence-corrected chi connectivity index (χ2v) is 5.97. The van der Waals surface area contributed by atoms with Gasteiger partial charge >= 0.3 is 7.75 Å². The van der Waals surface area contributed by atoms with Crippen LogP contribution < -0.4 is 5.09 Å². The Morgan fingerprint density at radius 3 is 1.71 bits per heavy atom. The van der Waals surface area contributed by atoms with Gasteiger partial charge in [0.15, 0.2) is 6.19 Å². The molecule has 108 valence electrons. The van der Waals surface area contributed by atoms with Crippen molar-refractivity contribution in [1.29, 1.82) is 5.26 Å². The van der Waals surface area contributed by atoms with Crippen LogP contribution in [0.4, 0.5) is 0 Å². The predicted molar refractivity (Wildman–Crippen MR) is 78.8 cm³/mol. The second-order valence-electron chi connectivity index (χ2n) is 4.24. The van der Waals surface area contributed by atoms with E-state index in [1.807, 2.05) is 60.7 Å². The molecular weight excluding hydrogens is 287 g/mol. The van der Waals surface area contributed by atoms with Gasteiger partial charge in [-0.3, -0.25) is 9.05 Å². The average Bonchev–Trinajstić information content (AvgIpc) is 2.54. The molecule has 0 saturated heterocycles. The predicted octanol–water partition coefficient (Wildman–Crippen LogP) is 3.60. The Balaban J connectivity index is 1.96. The summed E-state index contributed by atoms with van der Waals surface area (Å²) in [5, 5.41) is 10.8. The summed E-state index contributed by atoms with van der Waals surface area (Å²) >= 11 is 0. The maximum absolute atomic E-state index is 12.4. The van der Waals surface area contributed by atoms with Crippen LogP contribution in [0.1, 0.15) is 11.1 Å². The number of benzene rings is 2. The quantitative estimate of drug-likeness (QED) is 0.480. The van der Waals surface area contributed by atoms with Gasteiger partial charge in [-0.25, -0.2) is 9.65 Å². The summed E-state index contributed by atoms with van der Waals surface area (Å²) in [5.41, 5.74) is 1.70. The highest BCUT2D eigenvalue weighted by atomic mass is 31.2. The normalized spacial score (nSPS) is 10.8. The molecule has 6 heteroatoms. The molecular formula is C15H15N2O3P. The Labute approximate surface area is 123 Å². The van der Waals surface area contributed by atoms with Gasteiger partial charge in [0.2, 0.25) is 0 Å². The lowest BCUT2D eigenvalue weighted by molar-refractivity contribution is 0.186. The molecule has 2 aromatic carbocycles. The first-order valence-corrected chi connectivity index (χ1v) is 7.89. The molecule has 5 nitrogen and oxygen atoms in total. The van der Waals surface area contributed by atoms with Gasteiger partial charge in [-0.05, 0) is 11.1 Å². The van der Waals surface area contributed by atoms with E-state index in [2.05, 4.69) is 5.09 Å². The fourth-order valence-electron chi connectivity index (χ4n) is 1.63. The van der Waals surface area contributed by atoms with Gasteiger partial charge in [0.1, 0.15) is 0 Å². The van der Waals surface area contributed by atoms with Crippen LogP contribution in [0.3, 0.4) is 0 Å². The minimum atomic E-state index is -3.66. The van der Waals surface area contributed by atoms with Crippen molar-refractivity contribution in [2.24, 2.45) is 0 Å². The van der Waals surface area contributed by atoms with Crippen LogP contribution in [0.2, 0.25) is 0 Å². The van der Waals surface area contributed by atoms with E-state index in [0.29, 0.717) is 0 Å². The molecule has 0 bridgehead atoms. The molecule has 0 spiro atoms. The first-order valence-electron chi connectivity index (χ1n) is 6.35. The largest absolute Gasteiger partial charge is 0.441 e. The first kappa shape index (κ1) is 15.3. The lowest BCUT2D eigenvalue weighted by atomic mass is 10.2. The third-order valence-electron chi connectivity index (χ3n) is 2.67. The third-order valence-corrected chi connectivity index (χ3v) is 3.99. The maximum atomic E-state index is 12.4. The van der Waals surface area contributed by atoms with Crippen molar-refractivity contribution in [3.63, 3.8) is 0 Å². The maximum Gasteiger partial charge on any atom is 0.441 e. The lowest BCUT2D eigenvalue weighted by Crippen LogP contribution is -2.09. The summed E-state index contributed by atoms with van der Waals surface area (Å²) in [6.45, 7) is 0.198. The van der Waals surface area contributed by atoms with Crippen LogP contribution >= 0.6 is 7.75 Å². The van der Waals surface area contributed by atoms with Crippen molar-refractivity contribution in [1.82, 2.24) is 5.09 Å². The van der Waals surface area contributed by atoms with E-state index in [4.69, 9.17) is 14.3 Å². The van der Waals surface area contributed by atoms with Gasteiger partial charge in [-0.15, -0.1) is 0 Å². The Bertz CT molecular complexity index is 593. The fraction of sp³-hybridized carbons (Fsp3) is 0.133. The highest BCUT2D eigenvalue weighted by Crippen LogP contribution is 2.45. The number of hydrogen-bond donors (Lipinski definition) is 1. The monoisotopic (exact) mass is 302 g/mol. The van der Waals surface area contributed by atoms with E-state index in [1.54, 1.807) is 6.19 Å². The van der Waals surface area contributed by atoms with Crippen molar-refractivity contribution in [3.8, 4) is 6.19 Å². The molecule has 0 radical (unpaired) electrons. The fourth-order valence-corrected chi connectivity index (χ4v) is 2.59. The highest BCUT2D eigenvalue weighted by Gasteiger charge is 2.24. The average molecular weight is 302 g/mol. The summed E-state index contributed by atoms with van der Waals surface area (Å²) < 4.78 is 22.9. The van der Waals surface area contributed by atoms with Gasteiger partial charge in [0.25, 0.3) is 0 Å². The van der Waals surface area contributed by atoms with Gasteiger partial charge in [0, 0.05) is 0 Å². The lowest BCUT2D eigenvalue weighted by Gasteiger charge is -2.16. The molecule has 2 aromatic rings. The second kappa shape index (κ2) is 7.61. The standard InChI is InChI=1S/C15H15N2O3P/c16-13-17-21(18,19-11-14-7-3-1-4-8-14)20-12-15-9-5-2-6-10-15/h1-10H,11-12H2,(H,17,18). The molecule has 0 aliphatic rings. The molecule has 21 heavy (non-hydrogen) atoms. The molecule has 0 amide bonds. The van der Waals surface area contributed by atoms with Crippen LogP contribution in [-0.2, 0) is 26.8 Å². The Morgan fingerprint density at radius 2 is 1.33 bits per heavy atom. The van der Waals surface area contributed by atoms with E-state index >= 15 is 0 Å². The molecule has 0 atom stereocenters. The molecule has 0 saturated carbocycles. The summed E-state index contributed by atoms with van der Waals surface area (Å²) in [5.74, 6) is 0. The van der Waals surface area contributed by atoms with Crippen molar-refractivity contribution in [2.45, 2.75) is 13.2 Å². The highest BCUT2D eigenvalue weighted by molar-refractivity contribution is 7.51. The molecule has 0 aliphatic heterocycles. The number of hydrogen-bond acceptors (Lipinski definition) is 4. The van der Waals surface area contributed by atoms with Gasteiger partial charge in [-0.2, -0.15) is 5.26 Å². The zero-order valence-corrected chi connectivity index (χ0v) is 12.2. The number of rotatable bonds is 7. The van der Waals surface area contributed by atoms with E-state index in [1.165, 1.54) is 0 Å². The Hall–Kier alpha value is -2.12. The van der Waals surface area contributed by atoms with Crippen LogP contribution in [0.25, 0.3) is 0 Å².